The third-order valence-corrected chi connectivity index (χ3v) is 2.80. The van der Waals surface area contributed by atoms with Gasteiger partial charge >= 0.3 is 0 Å². The SMILES string of the molecule is CC(C)c1cc(NC(=O)COc2ccc([N+](=O)[O-])cc2)on1. The maximum atomic E-state index is 11.7. The predicted octanol–water partition coefficient (Wildman–Crippen LogP) is 2.72. The van der Waals surface area contributed by atoms with E-state index in [0.29, 0.717) is 5.75 Å². The van der Waals surface area contributed by atoms with Gasteiger partial charge < -0.3 is 9.26 Å². The number of anilines is 1. The van der Waals surface area contributed by atoms with Gasteiger partial charge in [-0.15, -0.1) is 0 Å². The third-order valence-electron chi connectivity index (χ3n) is 2.80. The van der Waals surface area contributed by atoms with Crippen molar-refractivity contribution in [1.82, 2.24) is 5.16 Å². The van der Waals surface area contributed by atoms with Gasteiger partial charge in [-0.05, 0) is 18.1 Å². The van der Waals surface area contributed by atoms with Gasteiger partial charge in [0, 0.05) is 18.2 Å². The van der Waals surface area contributed by atoms with E-state index in [0.717, 1.165) is 5.69 Å². The van der Waals surface area contributed by atoms with Gasteiger partial charge in [0.2, 0.25) is 5.88 Å². The molecule has 1 aromatic heterocycles. The molecule has 0 atom stereocenters. The molecule has 0 aliphatic heterocycles. The van der Waals surface area contributed by atoms with Crippen molar-refractivity contribution in [3.05, 3.63) is 46.1 Å². The number of benzene rings is 1. The first-order valence-corrected chi connectivity index (χ1v) is 6.59. The molecule has 0 unspecified atom stereocenters. The fraction of sp³-hybridized carbons (Fsp3) is 0.286. The molecule has 0 aliphatic carbocycles. The summed E-state index contributed by atoms with van der Waals surface area (Å²) in [6.07, 6.45) is 0. The fourth-order valence-corrected chi connectivity index (χ4v) is 1.61. The van der Waals surface area contributed by atoms with Crippen LogP contribution in [0.25, 0.3) is 0 Å². The van der Waals surface area contributed by atoms with Crippen molar-refractivity contribution < 1.29 is 19.0 Å². The standard InChI is InChI=1S/C14H15N3O5/c1-9(2)12-7-14(22-16-12)15-13(18)8-21-11-5-3-10(4-6-11)17(19)20/h3-7,9H,8H2,1-2H3,(H,15,18). The van der Waals surface area contributed by atoms with Crippen LogP contribution in [0.4, 0.5) is 11.6 Å². The molecule has 0 fully saturated rings. The van der Waals surface area contributed by atoms with Crippen LogP contribution in [-0.2, 0) is 4.79 Å². The van der Waals surface area contributed by atoms with Crippen molar-refractivity contribution in [2.24, 2.45) is 0 Å². The largest absolute Gasteiger partial charge is 0.484 e. The highest BCUT2D eigenvalue weighted by Crippen LogP contribution is 2.18. The molecule has 1 amide bonds. The Labute approximate surface area is 126 Å². The Hall–Kier alpha value is -2.90. The number of amides is 1. The van der Waals surface area contributed by atoms with Crippen molar-refractivity contribution >= 4 is 17.5 Å². The Morgan fingerprint density at radius 2 is 2.09 bits per heavy atom. The summed E-state index contributed by atoms with van der Waals surface area (Å²) in [6, 6.07) is 7.11. The lowest BCUT2D eigenvalue weighted by atomic mass is 10.1. The summed E-state index contributed by atoms with van der Waals surface area (Å²) in [5.74, 6) is 0.401. The van der Waals surface area contributed by atoms with E-state index in [9.17, 15) is 14.9 Å². The molecule has 8 nitrogen and oxygen atoms in total. The Bertz CT molecular complexity index is 663. The zero-order chi connectivity index (χ0) is 16.1. The molecule has 1 heterocycles. The molecule has 2 rings (SSSR count). The predicted molar refractivity (Wildman–Crippen MR) is 77.8 cm³/mol. The van der Waals surface area contributed by atoms with Gasteiger partial charge in [0.15, 0.2) is 6.61 Å². The van der Waals surface area contributed by atoms with Gasteiger partial charge in [-0.25, -0.2) is 0 Å². The number of nitro benzene ring substituents is 1. The lowest BCUT2D eigenvalue weighted by Gasteiger charge is -2.05. The highest BCUT2D eigenvalue weighted by molar-refractivity contribution is 5.90. The minimum absolute atomic E-state index is 0.0420. The van der Waals surface area contributed by atoms with E-state index in [4.69, 9.17) is 9.26 Å². The van der Waals surface area contributed by atoms with Crippen LogP contribution in [0.5, 0.6) is 5.75 Å². The average Bonchev–Trinajstić information content (AvgIpc) is 2.94. The number of hydrogen-bond donors (Lipinski definition) is 1. The third kappa shape index (κ3) is 4.05. The molecular weight excluding hydrogens is 290 g/mol. The lowest BCUT2D eigenvalue weighted by Crippen LogP contribution is -2.19. The lowest BCUT2D eigenvalue weighted by molar-refractivity contribution is -0.384. The number of nitro groups is 1. The second-order valence-electron chi connectivity index (χ2n) is 4.86. The summed E-state index contributed by atoms with van der Waals surface area (Å²) < 4.78 is 10.2. The molecule has 1 N–H and O–H groups in total. The van der Waals surface area contributed by atoms with Crippen LogP contribution in [0, 0.1) is 10.1 Å². The Kier molecular flexibility index (Phi) is 4.72. The van der Waals surface area contributed by atoms with Crippen LogP contribution in [-0.4, -0.2) is 22.6 Å². The van der Waals surface area contributed by atoms with E-state index in [1.54, 1.807) is 6.07 Å². The smallest absolute Gasteiger partial charge is 0.269 e. The summed E-state index contributed by atoms with van der Waals surface area (Å²) in [4.78, 5) is 21.7. The molecule has 22 heavy (non-hydrogen) atoms. The summed E-state index contributed by atoms with van der Waals surface area (Å²) in [6.45, 7) is 3.68. The van der Waals surface area contributed by atoms with E-state index in [-0.39, 0.29) is 24.1 Å². The van der Waals surface area contributed by atoms with Crippen LogP contribution in [0.15, 0.2) is 34.9 Å². The molecule has 0 bridgehead atoms. The topological polar surface area (TPSA) is 108 Å². The monoisotopic (exact) mass is 305 g/mol. The van der Waals surface area contributed by atoms with Crippen LogP contribution >= 0.6 is 0 Å². The van der Waals surface area contributed by atoms with Gasteiger partial charge in [0.1, 0.15) is 5.75 Å². The summed E-state index contributed by atoms with van der Waals surface area (Å²) in [5, 5.41) is 16.9. The quantitative estimate of drug-likeness (QED) is 0.649. The van der Waals surface area contributed by atoms with Crippen molar-refractivity contribution in [2.45, 2.75) is 19.8 Å². The Morgan fingerprint density at radius 3 is 2.64 bits per heavy atom. The van der Waals surface area contributed by atoms with Crippen molar-refractivity contribution in [3.8, 4) is 5.75 Å². The first-order valence-electron chi connectivity index (χ1n) is 6.59. The first kappa shape index (κ1) is 15.5. The second kappa shape index (κ2) is 6.70. The number of non-ortho nitro benzene ring substituents is 1. The molecule has 0 saturated carbocycles. The number of carbonyl (C=O) groups excluding carboxylic acids is 1. The summed E-state index contributed by atoms with van der Waals surface area (Å²) >= 11 is 0. The molecule has 116 valence electrons. The number of aromatic nitrogens is 1. The number of rotatable bonds is 6. The molecule has 0 aliphatic rings. The highest BCUT2D eigenvalue weighted by atomic mass is 16.6. The molecular formula is C14H15N3O5. The number of hydrogen-bond acceptors (Lipinski definition) is 6. The van der Waals surface area contributed by atoms with E-state index in [1.165, 1.54) is 24.3 Å². The Balaban J connectivity index is 1.85. The van der Waals surface area contributed by atoms with E-state index < -0.39 is 10.8 Å². The molecule has 0 saturated heterocycles. The van der Waals surface area contributed by atoms with Gasteiger partial charge in [-0.3, -0.25) is 20.2 Å². The van der Waals surface area contributed by atoms with E-state index in [1.807, 2.05) is 13.8 Å². The molecule has 8 heteroatoms. The van der Waals surface area contributed by atoms with E-state index in [2.05, 4.69) is 10.5 Å². The van der Waals surface area contributed by atoms with Crippen molar-refractivity contribution in [1.29, 1.82) is 0 Å². The summed E-state index contributed by atoms with van der Waals surface area (Å²) in [5.41, 5.74) is 0.700. The zero-order valence-electron chi connectivity index (χ0n) is 12.1. The van der Waals surface area contributed by atoms with Crippen molar-refractivity contribution in [3.63, 3.8) is 0 Å². The minimum atomic E-state index is -0.507. The number of carbonyl (C=O) groups is 1. The van der Waals surface area contributed by atoms with Crippen LogP contribution in [0.1, 0.15) is 25.5 Å². The molecule has 0 spiro atoms. The molecule has 0 radical (unpaired) electrons. The van der Waals surface area contributed by atoms with Crippen molar-refractivity contribution in [2.75, 3.05) is 11.9 Å². The van der Waals surface area contributed by atoms with Crippen LogP contribution in [0.2, 0.25) is 0 Å². The second-order valence-corrected chi connectivity index (χ2v) is 4.86. The van der Waals surface area contributed by atoms with Gasteiger partial charge in [-0.2, -0.15) is 0 Å². The fourth-order valence-electron chi connectivity index (χ4n) is 1.61. The zero-order valence-corrected chi connectivity index (χ0v) is 12.1. The maximum Gasteiger partial charge on any atom is 0.269 e. The minimum Gasteiger partial charge on any atom is -0.484 e. The summed E-state index contributed by atoms with van der Waals surface area (Å²) in [7, 11) is 0. The first-order chi connectivity index (χ1) is 10.5. The van der Waals surface area contributed by atoms with E-state index >= 15 is 0 Å². The number of nitrogens with one attached hydrogen (secondary N) is 1. The Morgan fingerprint density at radius 1 is 1.41 bits per heavy atom. The highest BCUT2D eigenvalue weighted by Gasteiger charge is 2.11. The van der Waals surface area contributed by atoms with Crippen LogP contribution < -0.4 is 10.1 Å². The maximum absolute atomic E-state index is 11.7. The average molecular weight is 305 g/mol. The van der Waals surface area contributed by atoms with Gasteiger partial charge in [0.25, 0.3) is 11.6 Å². The molecule has 2 aromatic rings. The normalized spacial score (nSPS) is 10.5. The molecule has 1 aromatic carbocycles. The van der Waals surface area contributed by atoms with Gasteiger partial charge in [0.05, 0.1) is 10.6 Å². The number of ether oxygens (including phenoxy) is 1. The van der Waals surface area contributed by atoms with Crippen LogP contribution in [0.3, 0.4) is 0 Å². The van der Waals surface area contributed by atoms with Gasteiger partial charge in [-0.1, -0.05) is 19.0 Å². The number of nitrogens with zero attached hydrogens (tertiary/aromatic N) is 2.